The first-order valence-corrected chi connectivity index (χ1v) is 9.55. The third-order valence-electron chi connectivity index (χ3n) is 5.12. The molecule has 0 aliphatic carbocycles. The van der Waals surface area contributed by atoms with Crippen LogP contribution in [0.1, 0.15) is 29.0 Å². The van der Waals surface area contributed by atoms with Crippen LogP contribution in [0.15, 0.2) is 42.5 Å². The molecule has 6 heteroatoms. The first kappa shape index (κ1) is 18.0. The van der Waals surface area contributed by atoms with Gasteiger partial charge >= 0.3 is 0 Å². The third kappa shape index (κ3) is 3.84. The molecule has 5 nitrogen and oxygen atoms in total. The van der Waals surface area contributed by atoms with Crippen LogP contribution < -0.4 is 4.74 Å². The SMILES string of the molecule is COc1ccc(Cl)cc1C(=O)[C@@H]1CCCN(Cc2nc3ccccc3[nH]2)C1. The highest BCUT2D eigenvalue weighted by Crippen LogP contribution is 2.29. The van der Waals surface area contributed by atoms with Crippen molar-refractivity contribution in [1.29, 1.82) is 0 Å². The number of nitrogens with one attached hydrogen (secondary N) is 1. The number of para-hydroxylation sites is 2. The van der Waals surface area contributed by atoms with Crippen LogP contribution in [0.25, 0.3) is 11.0 Å². The second kappa shape index (κ2) is 7.71. The van der Waals surface area contributed by atoms with Crippen molar-refractivity contribution < 1.29 is 9.53 Å². The molecule has 0 radical (unpaired) electrons. The number of Topliss-reactive ketones (excluding diaryl/α,β-unsaturated/α-hetero) is 1. The van der Waals surface area contributed by atoms with Gasteiger partial charge in [0.25, 0.3) is 0 Å². The number of benzene rings is 2. The first-order chi connectivity index (χ1) is 13.1. The van der Waals surface area contributed by atoms with Crippen LogP contribution in [-0.2, 0) is 6.54 Å². The van der Waals surface area contributed by atoms with E-state index in [1.807, 2.05) is 24.3 Å². The summed E-state index contributed by atoms with van der Waals surface area (Å²) in [5.41, 5.74) is 2.59. The number of hydrogen-bond acceptors (Lipinski definition) is 4. The van der Waals surface area contributed by atoms with E-state index >= 15 is 0 Å². The molecule has 1 N–H and O–H groups in total. The van der Waals surface area contributed by atoms with Gasteiger partial charge in [0, 0.05) is 17.5 Å². The fourth-order valence-electron chi connectivity index (χ4n) is 3.80. The van der Waals surface area contributed by atoms with Gasteiger partial charge < -0.3 is 9.72 Å². The minimum absolute atomic E-state index is 0.0597. The Morgan fingerprint density at radius 3 is 3.00 bits per heavy atom. The van der Waals surface area contributed by atoms with E-state index in [0.717, 1.165) is 36.2 Å². The zero-order valence-electron chi connectivity index (χ0n) is 15.2. The average molecular weight is 384 g/mol. The van der Waals surface area contributed by atoms with Gasteiger partial charge in [0.05, 0.1) is 30.3 Å². The Morgan fingerprint density at radius 1 is 1.33 bits per heavy atom. The lowest BCUT2D eigenvalue weighted by Gasteiger charge is -2.31. The van der Waals surface area contributed by atoms with Crippen LogP contribution in [0, 0.1) is 5.92 Å². The van der Waals surface area contributed by atoms with Crippen molar-refractivity contribution in [2.75, 3.05) is 20.2 Å². The molecule has 1 aliphatic rings. The molecular weight excluding hydrogens is 362 g/mol. The molecule has 2 aromatic carbocycles. The van der Waals surface area contributed by atoms with E-state index in [1.54, 1.807) is 25.3 Å². The fraction of sp³-hybridized carbons (Fsp3) is 0.333. The summed E-state index contributed by atoms with van der Waals surface area (Å²) >= 11 is 6.10. The van der Waals surface area contributed by atoms with Crippen LogP contribution >= 0.6 is 11.6 Å². The highest BCUT2D eigenvalue weighted by atomic mass is 35.5. The van der Waals surface area contributed by atoms with Crippen LogP contribution in [-0.4, -0.2) is 40.9 Å². The van der Waals surface area contributed by atoms with Crippen molar-refractivity contribution in [2.45, 2.75) is 19.4 Å². The van der Waals surface area contributed by atoms with E-state index in [2.05, 4.69) is 14.9 Å². The number of methoxy groups -OCH3 is 1. The van der Waals surface area contributed by atoms with Crippen molar-refractivity contribution in [3.63, 3.8) is 0 Å². The zero-order valence-corrected chi connectivity index (χ0v) is 16.0. The Labute approximate surface area is 163 Å². The summed E-state index contributed by atoms with van der Waals surface area (Å²) < 4.78 is 5.36. The number of carbonyl (C=O) groups is 1. The lowest BCUT2D eigenvalue weighted by atomic mass is 9.89. The van der Waals surface area contributed by atoms with E-state index in [4.69, 9.17) is 16.3 Å². The zero-order chi connectivity index (χ0) is 18.8. The number of likely N-dealkylation sites (tertiary alicyclic amines) is 1. The van der Waals surface area contributed by atoms with Gasteiger partial charge in [-0.05, 0) is 49.7 Å². The predicted molar refractivity (Wildman–Crippen MR) is 106 cm³/mol. The van der Waals surface area contributed by atoms with E-state index < -0.39 is 0 Å². The summed E-state index contributed by atoms with van der Waals surface area (Å²) in [4.78, 5) is 23.4. The van der Waals surface area contributed by atoms with Crippen molar-refractivity contribution in [2.24, 2.45) is 5.92 Å². The van der Waals surface area contributed by atoms with Gasteiger partial charge in [0.2, 0.25) is 0 Å². The number of H-pyrrole nitrogens is 1. The Hall–Kier alpha value is -2.37. The van der Waals surface area contributed by atoms with Gasteiger partial charge in [-0.25, -0.2) is 4.98 Å². The minimum atomic E-state index is -0.0597. The van der Waals surface area contributed by atoms with E-state index in [0.29, 0.717) is 29.4 Å². The van der Waals surface area contributed by atoms with Crippen molar-refractivity contribution in [3.05, 3.63) is 58.9 Å². The summed E-state index contributed by atoms with van der Waals surface area (Å²) in [7, 11) is 1.58. The van der Waals surface area contributed by atoms with Crippen LogP contribution in [0.5, 0.6) is 5.75 Å². The number of rotatable bonds is 5. The van der Waals surface area contributed by atoms with Gasteiger partial charge in [-0.1, -0.05) is 23.7 Å². The summed E-state index contributed by atoms with van der Waals surface area (Å²) in [6.07, 6.45) is 1.87. The number of ketones is 1. The smallest absolute Gasteiger partial charge is 0.170 e. The molecule has 0 bridgehead atoms. The van der Waals surface area contributed by atoms with Crippen molar-refractivity contribution in [1.82, 2.24) is 14.9 Å². The number of fused-ring (bicyclic) bond motifs is 1. The first-order valence-electron chi connectivity index (χ1n) is 9.18. The number of halogens is 1. The molecule has 0 saturated carbocycles. The monoisotopic (exact) mass is 383 g/mol. The Morgan fingerprint density at radius 2 is 2.19 bits per heavy atom. The molecule has 1 aliphatic heterocycles. The summed E-state index contributed by atoms with van der Waals surface area (Å²) in [6, 6.07) is 13.2. The molecule has 27 heavy (non-hydrogen) atoms. The number of hydrogen-bond donors (Lipinski definition) is 1. The Bertz CT molecular complexity index is 936. The molecule has 1 atom stereocenters. The number of ether oxygens (including phenoxy) is 1. The van der Waals surface area contributed by atoms with Crippen LogP contribution in [0.4, 0.5) is 0 Å². The molecule has 1 fully saturated rings. The Balaban J connectivity index is 1.49. The van der Waals surface area contributed by atoms with E-state index in [-0.39, 0.29) is 11.7 Å². The van der Waals surface area contributed by atoms with Crippen LogP contribution in [0.2, 0.25) is 5.02 Å². The summed E-state index contributed by atoms with van der Waals surface area (Å²) in [6.45, 7) is 2.39. The number of aromatic amines is 1. The summed E-state index contributed by atoms with van der Waals surface area (Å²) in [5, 5.41) is 0.550. The van der Waals surface area contributed by atoms with Crippen molar-refractivity contribution >= 4 is 28.4 Å². The largest absolute Gasteiger partial charge is 0.496 e. The second-order valence-electron chi connectivity index (χ2n) is 6.98. The van der Waals surface area contributed by atoms with E-state index in [9.17, 15) is 4.79 Å². The van der Waals surface area contributed by atoms with Crippen LogP contribution in [0.3, 0.4) is 0 Å². The van der Waals surface area contributed by atoms with Gasteiger partial charge in [0.1, 0.15) is 11.6 Å². The maximum absolute atomic E-state index is 13.1. The van der Waals surface area contributed by atoms with E-state index in [1.165, 1.54) is 0 Å². The highest BCUT2D eigenvalue weighted by Gasteiger charge is 2.29. The molecule has 4 rings (SSSR count). The predicted octanol–water partition coefficient (Wildman–Crippen LogP) is 4.32. The van der Waals surface area contributed by atoms with Gasteiger partial charge in [-0.15, -0.1) is 0 Å². The molecule has 3 aromatic rings. The molecule has 0 unspecified atom stereocenters. The maximum atomic E-state index is 13.1. The molecule has 2 heterocycles. The highest BCUT2D eigenvalue weighted by molar-refractivity contribution is 6.31. The number of piperidine rings is 1. The molecule has 0 spiro atoms. The summed E-state index contributed by atoms with van der Waals surface area (Å²) in [5.74, 6) is 1.56. The lowest BCUT2D eigenvalue weighted by molar-refractivity contribution is 0.0806. The second-order valence-corrected chi connectivity index (χ2v) is 7.42. The molecule has 0 amide bonds. The molecule has 1 saturated heterocycles. The van der Waals surface area contributed by atoms with Gasteiger partial charge in [0.15, 0.2) is 5.78 Å². The number of imidazole rings is 1. The topological polar surface area (TPSA) is 58.2 Å². The quantitative estimate of drug-likeness (QED) is 0.666. The average Bonchev–Trinajstić information content (AvgIpc) is 3.09. The third-order valence-corrected chi connectivity index (χ3v) is 5.35. The molecule has 1 aromatic heterocycles. The molecular formula is C21H22ClN3O2. The maximum Gasteiger partial charge on any atom is 0.170 e. The molecule has 140 valence electrons. The van der Waals surface area contributed by atoms with Gasteiger partial charge in [-0.3, -0.25) is 9.69 Å². The van der Waals surface area contributed by atoms with Gasteiger partial charge in [-0.2, -0.15) is 0 Å². The minimum Gasteiger partial charge on any atom is -0.496 e. The normalized spacial score (nSPS) is 17.9. The standard InChI is InChI=1S/C21H22ClN3O2/c1-27-19-9-8-15(22)11-16(19)21(26)14-5-4-10-25(12-14)13-20-23-17-6-2-3-7-18(17)24-20/h2-3,6-9,11,14H,4-5,10,12-13H2,1H3,(H,23,24)/t14-/m1/s1. The Kier molecular flexibility index (Phi) is 5.14. The fourth-order valence-corrected chi connectivity index (χ4v) is 3.97. The number of carbonyl (C=O) groups excluding carboxylic acids is 1. The number of aromatic nitrogens is 2. The lowest BCUT2D eigenvalue weighted by Crippen LogP contribution is -2.38. The number of nitrogens with zero attached hydrogens (tertiary/aromatic N) is 2. The van der Waals surface area contributed by atoms with Crippen molar-refractivity contribution in [3.8, 4) is 5.75 Å².